The molecule has 0 aromatic heterocycles. The molecule has 1 aliphatic heterocycles. The molecule has 4 aromatic rings. The molecule has 0 radical (unpaired) electrons. The lowest BCUT2D eigenvalue weighted by Crippen LogP contribution is -2.22. The number of para-hydroxylation sites is 1. The molecule has 1 saturated heterocycles. The Morgan fingerprint density at radius 2 is 1.21 bits per heavy atom. The first kappa shape index (κ1) is 21.9. The van der Waals surface area contributed by atoms with Crippen molar-refractivity contribution in [3.8, 4) is 0 Å². The minimum absolute atomic E-state index is 0.261. The minimum Gasteiger partial charge on any atom is -0.371 e. The number of hydrogen-bond donors (Lipinski definition) is 0. The van der Waals surface area contributed by atoms with Gasteiger partial charge in [0.05, 0.1) is 25.1 Å². The van der Waals surface area contributed by atoms with Gasteiger partial charge < -0.3 is 9.64 Å². The monoisotopic (exact) mass is 447 g/mol. The molecule has 0 saturated carbocycles. The summed E-state index contributed by atoms with van der Waals surface area (Å²) in [6.07, 6.45) is 2.18. The summed E-state index contributed by atoms with van der Waals surface area (Å²) in [6, 6.07) is 36.0. The van der Waals surface area contributed by atoms with Gasteiger partial charge in [-0.15, -0.1) is 0 Å². The number of hydrogen-bond acceptors (Lipinski definition) is 4. The van der Waals surface area contributed by atoms with Gasteiger partial charge in [0, 0.05) is 17.1 Å². The summed E-state index contributed by atoms with van der Waals surface area (Å²) in [7, 11) is 0. The molecule has 1 heterocycles. The van der Waals surface area contributed by atoms with Gasteiger partial charge in [-0.3, -0.25) is 5.01 Å². The van der Waals surface area contributed by atoms with Gasteiger partial charge in [-0.2, -0.15) is 5.10 Å². The van der Waals surface area contributed by atoms with E-state index >= 15 is 0 Å². The Balaban J connectivity index is 1.41. The van der Waals surface area contributed by atoms with Crippen LogP contribution in [0.4, 0.5) is 22.7 Å². The molecule has 0 bridgehead atoms. The number of ether oxygens (including phenoxy) is 1. The van der Waals surface area contributed by atoms with E-state index in [2.05, 4.69) is 104 Å². The Bertz CT molecular complexity index is 1180. The summed E-state index contributed by atoms with van der Waals surface area (Å²) >= 11 is 0. The van der Waals surface area contributed by atoms with Crippen molar-refractivity contribution in [3.05, 3.63) is 120 Å². The quantitative estimate of drug-likeness (QED) is 0.165. The third-order valence-electron chi connectivity index (χ3n) is 5.91. The highest BCUT2D eigenvalue weighted by Crippen LogP contribution is 2.34. The topological polar surface area (TPSA) is 31.4 Å². The third-order valence-corrected chi connectivity index (χ3v) is 5.91. The Labute approximate surface area is 201 Å². The molecular weight excluding hydrogens is 418 g/mol. The minimum atomic E-state index is 0.261. The Hall–Kier alpha value is -3.89. The van der Waals surface area contributed by atoms with E-state index in [9.17, 15) is 0 Å². The SMILES string of the molecule is Cc1ccc(N(c2ccc(C)cc2)c2ccc(/C=N/N(CC3CO3)c3ccccc3)cc2)cc1. The van der Waals surface area contributed by atoms with Crippen molar-refractivity contribution in [2.75, 3.05) is 23.1 Å². The maximum absolute atomic E-state index is 5.43. The maximum atomic E-state index is 5.43. The molecule has 0 N–H and O–H groups in total. The lowest BCUT2D eigenvalue weighted by atomic mass is 10.1. The highest BCUT2D eigenvalue weighted by molar-refractivity contribution is 5.83. The van der Waals surface area contributed by atoms with Crippen LogP contribution in [-0.4, -0.2) is 25.5 Å². The summed E-state index contributed by atoms with van der Waals surface area (Å²) in [5.41, 5.74) is 7.99. The van der Waals surface area contributed by atoms with Gasteiger partial charge >= 0.3 is 0 Å². The van der Waals surface area contributed by atoms with Crippen LogP contribution in [0.3, 0.4) is 0 Å². The van der Waals surface area contributed by atoms with E-state index in [0.29, 0.717) is 0 Å². The van der Waals surface area contributed by atoms with Crippen molar-refractivity contribution in [2.24, 2.45) is 5.10 Å². The number of epoxide rings is 1. The van der Waals surface area contributed by atoms with Crippen molar-refractivity contribution >= 4 is 29.0 Å². The Kier molecular flexibility index (Phi) is 6.41. The first-order valence-electron chi connectivity index (χ1n) is 11.7. The lowest BCUT2D eigenvalue weighted by molar-refractivity contribution is 0.408. The fraction of sp³-hybridized carbons (Fsp3) is 0.167. The first-order valence-corrected chi connectivity index (χ1v) is 11.7. The summed E-state index contributed by atoms with van der Waals surface area (Å²) in [5, 5.41) is 6.78. The van der Waals surface area contributed by atoms with Crippen LogP contribution in [0.15, 0.2) is 108 Å². The van der Waals surface area contributed by atoms with Gasteiger partial charge in [-0.25, -0.2) is 0 Å². The number of nitrogens with zero attached hydrogens (tertiary/aromatic N) is 3. The molecule has 5 rings (SSSR count). The van der Waals surface area contributed by atoms with Crippen LogP contribution < -0.4 is 9.91 Å². The molecule has 170 valence electrons. The number of aryl methyl sites for hydroxylation is 2. The molecule has 4 heteroatoms. The zero-order valence-corrected chi connectivity index (χ0v) is 19.6. The molecule has 0 aliphatic carbocycles. The zero-order valence-electron chi connectivity index (χ0n) is 19.6. The maximum Gasteiger partial charge on any atom is 0.101 e. The van der Waals surface area contributed by atoms with Crippen molar-refractivity contribution < 1.29 is 4.74 Å². The number of anilines is 4. The molecule has 1 aliphatic rings. The van der Waals surface area contributed by atoms with Crippen molar-refractivity contribution in [3.63, 3.8) is 0 Å². The van der Waals surface area contributed by atoms with Crippen LogP contribution in [0.2, 0.25) is 0 Å². The van der Waals surface area contributed by atoms with Gasteiger partial charge in [-0.05, 0) is 67.9 Å². The summed E-state index contributed by atoms with van der Waals surface area (Å²) in [5.74, 6) is 0. The van der Waals surface area contributed by atoms with E-state index < -0.39 is 0 Å². The Morgan fingerprint density at radius 1 is 0.706 bits per heavy atom. The third kappa shape index (κ3) is 5.36. The van der Waals surface area contributed by atoms with Crippen LogP contribution in [0, 0.1) is 13.8 Å². The van der Waals surface area contributed by atoms with Crippen LogP contribution in [0.25, 0.3) is 0 Å². The van der Waals surface area contributed by atoms with Crippen molar-refractivity contribution in [1.82, 2.24) is 0 Å². The second kappa shape index (κ2) is 9.94. The predicted octanol–water partition coefficient (Wildman–Crippen LogP) is 7.01. The largest absolute Gasteiger partial charge is 0.371 e. The van der Waals surface area contributed by atoms with Gasteiger partial charge in [0.2, 0.25) is 0 Å². The van der Waals surface area contributed by atoms with Gasteiger partial charge in [-0.1, -0.05) is 65.7 Å². The number of rotatable bonds is 8. The first-order chi connectivity index (χ1) is 16.7. The van der Waals surface area contributed by atoms with E-state index in [4.69, 9.17) is 9.84 Å². The van der Waals surface area contributed by atoms with Gasteiger partial charge in [0.1, 0.15) is 6.10 Å². The summed E-state index contributed by atoms with van der Waals surface area (Å²) in [4.78, 5) is 2.28. The van der Waals surface area contributed by atoms with Crippen LogP contribution in [-0.2, 0) is 4.74 Å². The second-order valence-electron chi connectivity index (χ2n) is 8.72. The predicted molar refractivity (Wildman–Crippen MR) is 142 cm³/mol. The second-order valence-corrected chi connectivity index (χ2v) is 8.72. The van der Waals surface area contributed by atoms with E-state index in [0.717, 1.165) is 41.5 Å². The smallest absolute Gasteiger partial charge is 0.101 e. The lowest BCUT2D eigenvalue weighted by Gasteiger charge is -2.26. The molecule has 0 spiro atoms. The average molecular weight is 448 g/mol. The molecule has 34 heavy (non-hydrogen) atoms. The molecular formula is C30H29N3O. The molecule has 4 aromatic carbocycles. The highest BCUT2D eigenvalue weighted by Gasteiger charge is 2.25. The van der Waals surface area contributed by atoms with Crippen LogP contribution in [0.1, 0.15) is 16.7 Å². The van der Waals surface area contributed by atoms with Crippen molar-refractivity contribution in [2.45, 2.75) is 20.0 Å². The Morgan fingerprint density at radius 3 is 1.71 bits per heavy atom. The van der Waals surface area contributed by atoms with E-state index in [1.54, 1.807) is 0 Å². The highest BCUT2D eigenvalue weighted by atomic mass is 16.6. The van der Waals surface area contributed by atoms with Gasteiger partial charge in [0.15, 0.2) is 0 Å². The summed E-state index contributed by atoms with van der Waals surface area (Å²) < 4.78 is 5.43. The van der Waals surface area contributed by atoms with E-state index in [1.165, 1.54) is 11.1 Å². The van der Waals surface area contributed by atoms with Crippen molar-refractivity contribution in [1.29, 1.82) is 0 Å². The molecule has 0 amide bonds. The van der Waals surface area contributed by atoms with Crippen LogP contribution >= 0.6 is 0 Å². The fourth-order valence-corrected chi connectivity index (χ4v) is 3.87. The van der Waals surface area contributed by atoms with Crippen LogP contribution in [0.5, 0.6) is 0 Å². The molecule has 1 unspecified atom stereocenters. The summed E-state index contributed by atoms with van der Waals surface area (Å²) in [6.45, 7) is 5.79. The molecule has 4 nitrogen and oxygen atoms in total. The normalized spacial score (nSPS) is 14.8. The van der Waals surface area contributed by atoms with E-state index in [1.807, 2.05) is 29.4 Å². The standard InChI is InChI=1S/C30H29N3O/c1-23-8-14-27(15-9-23)33(28-16-10-24(2)11-17-28)29-18-12-25(13-19-29)20-31-32(21-30-22-34-30)26-6-4-3-5-7-26/h3-20,30H,21-22H2,1-2H3/b31-20+. The molecule has 1 atom stereocenters. The number of benzene rings is 4. The van der Waals surface area contributed by atoms with Gasteiger partial charge in [0.25, 0.3) is 0 Å². The fourth-order valence-electron chi connectivity index (χ4n) is 3.87. The van der Waals surface area contributed by atoms with E-state index in [-0.39, 0.29) is 6.10 Å². The molecule has 1 fully saturated rings. The zero-order chi connectivity index (χ0) is 23.3. The number of hydrazone groups is 1. The average Bonchev–Trinajstić information content (AvgIpc) is 3.70.